The van der Waals surface area contributed by atoms with Gasteiger partial charge in [0.25, 0.3) is 0 Å². The lowest BCUT2D eigenvalue weighted by molar-refractivity contribution is -0.222. The van der Waals surface area contributed by atoms with E-state index in [1.807, 2.05) is 4.90 Å². The maximum atomic E-state index is 14.7. The topological polar surface area (TPSA) is 118 Å². The van der Waals surface area contributed by atoms with E-state index in [1.165, 1.54) is 6.07 Å². The molecule has 260 valence electrons. The standard InChI is InChI=1S/C33H46F3N9O2Si/c1-43-13-5-6-23(43)21-47-32-40-28-20-44(14-10-24(28)31(41-32)45-15-12-38-22(19-45)9-11-37)29-25(7-8-27-26(29)18-39-42-27)30(33(34,35)36)46-16-17-48(2,3)4/h7-8,18,22-23,30,38H,5-6,9-10,12-17,19-21H2,1-4H3,(H,39,42)/t22-,23-,30-/m0/s1. The first-order chi connectivity index (χ1) is 22.9. The van der Waals surface area contributed by atoms with Gasteiger partial charge in [-0.15, -0.1) is 0 Å². The summed E-state index contributed by atoms with van der Waals surface area (Å²) in [4.78, 5) is 16.3. The fraction of sp³-hybridized carbons (Fsp3) is 0.636. The van der Waals surface area contributed by atoms with Crippen LogP contribution < -0.4 is 19.9 Å². The molecule has 0 unspecified atom stereocenters. The van der Waals surface area contributed by atoms with Gasteiger partial charge in [-0.1, -0.05) is 25.7 Å². The minimum absolute atomic E-state index is 0.00691. The molecule has 0 amide bonds. The second kappa shape index (κ2) is 14.2. The number of likely N-dealkylation sites (N-methyl/N-ethyl adjacent to an activating group) is 1. The number of hydrogen-bond acceptors (Lipinski definition) is 10. The molecule has 0 spiro atoms. The van der Waals surface area contributed by atoms with E-state index in [1.54, 1.807) is 12.3 Å². The number of H-pyrrole nitrogens is 1. The van der Waals surface area contributed by atoms with Crippen molar-refractivity contribution in [1.29, 1.82) is 5.26 Å². The lowest BCUT2D eigenvalue weighted by Gasteiger charge is -2.38. The molecule has 0 saturated carbocycles. The van der Waals surface area contributed by atoms with E-state index in [-0.39, 0.29) is 36.8 Å². The van der Waals surface area contributed by atoms with Gasteiger partial charge in [0.1, 0.15) is 12.4 Å². The monoisotopic (exact) mass is 685 g/mol. The number of halogens is 3. The van der Waals surface area contributed by atoms with Gasteiger partial charge in [-0.05, 0) is 45.0 Å². The highest BCUT2D eigenvalue weighted by atomic mass is 28.3. The van der Waals surface area contributed by atoms with E-state index >= 15 is 0 Å². The fourth-order valence-corrected chi connectivity index (χ4v) is 7.69. The zero-order valence-corrected chi connectivity index (χ0v) is 29.2. The largest absolute Gasteiger partial charge is 0.462 e. The molecule has 2 fully saturated rings. The zero-order valence-electron chi connectivity index (χ0n) is 28.2. The van der Waals surface area contributed by atoms with Crippen molar-refractivity contribution in [3.63, 3.8) is 0 Å². The van der Waals surface area contributed by atoms with Crippen LogP contribution >= 0.6 is 0 Å². The van der Waals surface area contributed by atoms with Crippen molar-refractivity contribution in [3.8, 4) is 12.1 Å². The number of likely N-dealkylation sites (tertiary alicyclic amines) is 1. The van der Waals surface area contributed by atoms with Crippen LogP contribution in [0.1, 0.15) is 42.2 Å². The Balaban J connectivity index is 1.36. The SMILES string of the molecule is CN1CCC[C@H]1COc1nc2c(c(N3CCN[C@@H](CC#N)C3)n1)CCN(c1c([C@H](OCC[Si](C)(C)C)C(F)(F)F)ccc3[nH]ncc13)C2. The summed E-state index contributed by atoms with van der Waals surface area (Å²) >= 11 is 0. The molecule has 0 aliphatic carbocycles. The summed E-state index contributed by atoms with van der Waals surface area (Å²) in [7, 11) is 0.462. The van der Waals surface area contributed by atoms with Crippen molar-refractivity contribution in [3.05, 3.63) is 35.2 Å². The Bertz CT molecular complexity index is 1620. The summed E-state index contributed by atoms with van der Waals surface area (Å²) in [6, 6.07) is 6.60. The second-order valence-corrected chi connectivity index (χ2v) is 20.0. The third-order valence-electron chi connectivity index (χ3n) is 9.65. The van der Waals surface area contributed by atoms with Crippen LogP contribution in [0.4, 0.5) is 24.7 Å². The van der Waals surface area contributed by atoms with Crippen LogP contribution in [0.15, 0.2) is 18.3 Å². The summed E-state index contributed by atoms with van der Waals surface area (Å²) in [6.45, 7) is 10.6. The highest BCUT2D eigenvalue weighted by Gasteiger charge is 2.44. The van der Waals surface area contributed by atoms with Crippen LogP contribution in [0.5, 0.6) is 6.01 Å². The third kappa shape index (κ3) is 7.72. The van der Waals surface area contributed by atoms with Crippen LogP contribution in [0.25, 0.3) is 10.9 Å². The molecular formula is C33H46F3N9O2Si. The number of alkyl halides is 3. The van der Waals surface area contributed by atoms with Crippen LogP contribution in [-0.2, 0) is 17.7 Å². The first-order valence-electron chi connectivity index (χ1n) is 16.9. The van der Waals surface area contributed by atoms with Crippen molar-refractivity contribution in [2.45, 2.75) is 82.3 Å². The third-order valence-corrected chi connectivity index (χ3v) is 11.4. The lowest BCUT2D eigenvalue weighted by Crippen LogP contribution is -2.51. The minimum Gasteiger partial charge on any atom is -0.462 e. The molecule has 2 aromatic heterocycles. The summed E-state index contributed by atoms with van der Waals surface area (Å²) < 4.78 is 56.2. The van der Waals surface area contributed by atoms with E-state index < -0.39 is 20.4 Å². The summed E-state index contributed by atoms with van der Waals surface area (Å²) in [6.07, 6.45) is -2.03. The van der Waals surface area contributed by atoms with Gasteiger partial charge in [0, 0.05) is 69.5 Å². The number of nitriles is 1. The van der Waals surface area contributed by atoms with Gasteiger partial charge in [0.05, 0.1) is 42.1 Å². The maximum absolute atomic E-state index is 14.7. The Labute approximate surface area is 280 Å². The smallest absolute Gasteiger partial charge is 0.418 e. The zero-order chi connectivity index (χ0) is 34.1. The molecule has 3 aliphatic heterocycles. The van der Waals surface area contributed by atoms with Crippen molar-refractivity contribution in [2.75, 3.05) is 62.8 Å². The van der Waals surface area contributed by atoms with Gasteiger partial charge >= 0.3 is 12.2 Å². The Morgan fingerprint density at radius 1 is 1.15 bits per heavy atom. The number of piperazine rings is 1. The van der Waals surface area contributed by atoms with E-state index in [4.69, 9.17) is 19.4 Å². The molecule has 1 aromatic carbocycles. The number of anilines is 2. The highest BCUT2D eigenvalue weighted by Crippen LogP contribution is 2.44. The number of nitrogens with zero attached hydrogens (tertiary/aromatic N) is 7. The van der Waals surface area contributed by atoms with Crippen LogP contribution in [-0.4, -0.2) is 104 Å². The molecule has 11 nitrogen and oxygen atoms in total. The Morgan fingerprint density at radius 3 is 2.71 bits per heavy atom. The first kappa shape index (κ1) is 34.4. The van der Waals surface area contributed by atoms with Crippen LogP contribution in [0.2, 0.25) is 25.7 Å². The number of rotatable bonds is 11. The lowest BCUT2D eigenvalue weighted by atomic mass is 9.98. The molecule has 3 atom stereocenters. The summed E-state index contributed by atoms with van der Waals surface area (Å²) in [5.74, 6) is 0.781. The Morgan fingerprint density at radius 2 is 1.98 bits per heavy atom. The van der Waals surface area contributed by atoms with Gasteiger partial charge in [-0.3, -0.25) is 5.10 Å². The number of nitrogens with one attached hydrogen (secondary N) is 2. The van der Waals surface area contributed by atoms with Gasteiger partial charge in [-0.2, -0.15) is 33.5 Å². The van der Waals surface area contributed by atoms with Gasteiger partial charge < -0.3 is 29.5 Å². The number of ether oxygens (including phenoxy) is 2. The number of benzene rings is 1. The van der Waals surface area contributed by atoms with Crippen LogP contribution in [0.3, 0.4) is 0 Å². The number of aromatic amines is 1. The fourth-order valence-electron chi connectivity index (χ4n) is 6.96. The second-order valence-electron chi connectivity index (χ2n) is 14.4. The van der Waals surface area contributed by atoms with Crippen molar-refractivity contribution in [1.82, 2.24) is 30.4 Å². The van der Waals surface area contributed by atoms with Gasteiger partial charge in [0.2, 0.25) is 0 Å². The predicted octanol–water partition coefficient (Wildman–Crippen LogP) is 5.04. The number of aromatic nitrogens is 4. The predicted molar refractivity (Wildman–Crippen MR) is 181 cm³/mol. The molecule has 0 bridgehead atoms. The van der Waals surface area contributed by atoms with E-state index in [0.29, 0.717) is 68.3 Å². The number of hydrogen-bond donors (Lipinski definition) is 2. The van der Waals surface area contributed by atoms with Crippen LogP contribution in [0, 0.1) is 11.3 Å². The van der Waals surface area contributed by atoms with Gasteiger partial charge in [-0.25, -0.2) is 0 Å². The van der Waals surface area contributed by atoms with Gasteiger partial charge in [0.15, 0.2) is 6.10 Å². The average Bonchev–Trinajstić information content (AvgIpc) is 3.69. The van der Waals surface area contributed by atoms with E-state index in [0.717, 1.165) is 36.5 Å². The molecule has 48 heavy (non-hydrogen) atoms. The average molecular weight is 686 g/mol. The molecule has 6 rings (SSSR count). The molecule has 15 heteroatoms. The molecule has 0 radical (unpaired) electrons. The molecule has 3 aliphatic rings. The molecule has 5 heterocycles. The first-order valence-corrected chi connectivity index (χ1v) is 20.6. The van der Waals surface area contributed by atoms with Crippen molar-refractivity contribution >= 4 is 30.5 Å². The van der Waals surface area contributed by atoms with Crippen molar-refractivity contribution in [2.24, 2.45) is 0 Å². The van der Waals surface area contributed by atoms with E-state index in [2.05, 4.69) is 58.1 Å². The number of fused-ring (bicyclic) bond motifs is 2. The highest BCUT2D eigenvalue weighted by molar-refractivity contribution is 6.76. The Hall–Kier alpha value is -3.45. The molecule has 3 aromatic rings. The normalized spacial score (nSPS) is 21.4. The molecule has 2 saturated heterocycles. The van der Waals surface area contributed by atoms with Crippen molar-refractivity contribution < 1.29 is 22.6 Å². The minimum atomic E-state index is -4.61. The maximum Gasteiger partial charge on any atom is 0.418 e. The quantitative estimate of drug-likeness (QED) is 0.266. The molecule has 2 N–H and O–H groups in total. The molecular weight excluding hydrogens is 640 g/mol. The Kier molecular flexibility index (Phi) is 10.2. The van der Waals surface area contributed by atoms with E-state index in [9.17, 15) is 18.4 Å². The summed E-state index contributed by atoms with van der Waals surface area (Å²) in [5, 5.41) is 20.5. The summed E-state index contributed by atoms with van der Waals surface area (Å²) in [5.41, 5.74) is 2.88.